The van der Waals surface area contributed by atoms with E-state index < -0.39 is 11.2 Å². The minimum Gasteiger partial charge on any atom is -0.481 e. The van der Waals surface area contributed by atoms with Crippen LogP contribution in [0.5, 0.6) is 0 Å². The number of carboxylic acids is 1. The molecule has 15 heavy (non-hydrogen) atoms. The standard InChI is InChI=1S/C10H8BrClO3/c11-9-6(4-5-8(13)14)2-1-3-7(9)10(12)15/h1-3H,4-5H2,(H,13,14). The molecular formula is C10H8BrClO3. The second kappa shape index (κ2) is 5.28. The summed E-state index contributed by atoms with van der Waals surface area (Å²) in [5.74, 6) is -0.871. The summed E-state index contributed by atoms with van der Waals surface area (Å²) in [4.78, 5) is 21.4. The smallest absolute Gasteiger partial charge is 0.303 e. The SMILES string of the molecule is O=C(O)CCc1cccc(C(=O)Cl)c1Br. The zero-order valence-electron chi connectivity index (χ0n) is 7.67. The largest absolute Gasteiger partial charge is 0.481 e. The van der Waals surface area contributed by atoms with Gasteiger partial charge in [-0.05, 0) is 45.6 Å². The summed E-state index contributed by atoms with van der Waals surface area (Å²) in [5, 5.41) is 7.98. The molecule has 0 unspecified atom stereocenters. The molecule has 3 nitrogen and oxygen atoms in total. The number of aliphatic carboxylic acids is 1. The van der Waals surface area contributed by atoms with E-state index in [4.69, 9.17) is 16.7 Å². The molecule has 1 aromatic rings. The Morgan fingerprint density at radius 3 is 2.60 bits per heavy atom. The van der Waals surface area contributed by atoms with Gasteiger partial charge in [0.05, 0.1) is 0 Å². The van der Waals surface area contributed by atoms with Gasteiger partial charge in [-0.25, -0.2) is 0 Å². The maximum Gasteiger partial charge on any atom is 0.303 e. The van der Waals surface area contributed by atoms with Gasteiger partial charge < -0.3 is 5.11 Å². The number of hydrogen-bond donors (Lipinski definition) is 1. The number of halogens is 2. The van der Waals surface area contributed by atoms with Crippen molar-refractivity contribution < 1.29 is 14.7 Å². The Morgan fingerprint density at radius 1 is 1.40 bits per heavy atom. The van der Waals surface area contributed by atoms with Crippen LogP contribution in [0.1, 0.15) is 22.3 Å². The van der Waals surface area contributed by atoms with Gasteiger partial charge in [0.15, 0.2) is 0 Å². The highest BCUT2D eigenvalue weighted by Gasteiger charge is 2.11. The monoisotopic (exact) mass is 290 g/mol. The first kappa shape index (κ1) is 12.2. The number of carboxylic acid groups (broad SMARTS) is 1. The molecule has 0 fully saturated rings. The summed E-state index contributed by atoms with van der Waals surface area (Å²) in [7, 11) is 0. The van der Waals surface area contributed by atoms with Crippen LogP contribution in [0.25, 0.3) is 0 Å². The third-order valence-electron chi connectivity index (χ3n) is 1.90. The first-order valence-corrected chi connectivity index (χ1v) is 5.38. The van der Waals surface area contributed by atoms with E-state index in [1.807, 2.05) is 0 Å². The molecule has 0 heterocycles. The Labute approximate surface area is 100 Å². The summed E-state index contributed by atoms with van der Waals surface area (Å²) >= 11 is 8.59. The maximum atomic E-state index is 11.0. The van der Waals surface area contributed by atoms with Gasteiger partial charge in [-0.2, -0.15) is 0 Å². The summed E-state index contributed by atoms with van der Waals surface area (Å²) in [6.45, 7) is 0. The van der Waals surface area contributed by atoms with Gasteiger partial charge in [0, 0.05) is 16.5 Å². The Hall–Kier alpha value is -0.870. The minimum absolute atomic E-state index is 0.0263. The van der Waals surface area contributed by atoms with Crippen molar-refractivity contribution in [2.45, 2.75) is 12.8 Å². The highest BCUT2D eigenvalue weighted by atomic mass is 79.9. The normalized spacial score (nSPS) is 10.0. The molecule has 0 spiro atoms. The minimum atomic E-state index is -0.871. The zero-order chi connectivity index (χ0) is 11.4. The van der Waals surface area contributed by atoms with Crippen molar-refractivity contribution in [1.82, 2.24) is 0 Å². The van der Waals surface area contributed by atoms with Crippen LogP contribution in [0.4, 0.5) is 0 Å². The van der Waals surface area contributed by atoms with Crippen molar-refractivity contribution >= 4 is 38.7 Å². The first-order chi connectivity index (χ1) is 7.02. The molecule has 0 bridgehead atoms. The molecule has 0 aliphatic carbocycles. The van der Waals surface area contributed by atoms with E-state index in [0.29, 0.717) is 16.5 Å². The Balaban J connectivity index is 2.94. The van der Waals surface area contributed by atoms with Crippen LogP contribution in [0.2, 0.25) is 0 Å². The molecule has 1 N–H and O–H groups in total. The van der Waals surface area contributed by atoms with Crippen LogP contribution in [-0.2, 0) is 11.2 Å². The predicted molar refractivity (Wildman–Crippen MR) is 60.3 cm³/mol. The van der Waals surface area contributed by atoms with E-state index in [0.717, 1.165) is 5.56 Å². The van der Waals surface area contributed by atoms with Gasteiger partial charge in [-0.3, -0.25) is 9.59 Å². The summed E-state index contributed by atoms with van der Waals surface area (Å²) in [5.41, 5.74) is 1.13. The van der Waals surface area contributed by atoms with Crippen molar-refractivity contribution in [3.8, 4) is 0 Å². The number of carbonyl (C=O) groups excluding carboxylic acids is 1. The van der Waals surface area contributed by atoms with Crippen molar-refractivity contribution in [3.63, 3.8) is 0 Å². The molecule has 0 atom stereocenters. The van der Waals surface area contributed by atoms with Crippen LogP contribution in [-0.4, -0.2) is 16.3 Å². The molecule has 80 valence electrons. The van der Waals surface area contributed by atoms with Crippen molar-refractivity contribution in [2.24, 2.45) is 0 Å². The lowest BCUT2D eigenvalue weighted by molar-refractivity contribution is -0.136. The summed E-state index contributed by atoms with van der Waals surface area (Å²) < 4.78 is 0.575. The topological polar surface area (TPSA) is 54.4 Å². The van der Waals surface area contributed by atoms with Gasteiger partial charge >= 0.3 is 5.97 Å². The number of aryl methyl sites for hydroxylation is 1. The molecule has 1 rings (SSSR count). The van der Waals surface area contributed by atoms with E-state index >= 15 is 0 Å². The van der Waals surface area contributed by atoms with E-state index in [1.165, 1.54) is 0 Å². The Kier molecular flexibility index (Phi) is 4.29. The van der Waals surface area contributed by atoms with Gasteiger partial charge in [-0.15, -0.1) is 0 Å². The Bertz CT molecular complexity index is 404. The number of benzene rings is 1. The van der Waals surface area contributed by atoms with Gasteiger partial charge in [0.1, 0.15) is 0 Å². The lowest BCUT2D eigenvalue weighted by atomic mass is 10.1. The average molecular weight is 292 g/mol. The first-order valence-electron chi connectivity index (χ1n) is 4.21. The second-order valence-corrected chi connectivity index (χ2v) is 4.08. The fourth-order valence-electron chi connectivity index (χ4n) is 1.17. The van der Waals surface area contributed by atoms with Crippen molar-refractivity contribution in [3.05, 3.63) is 33.8 Å². The van der Waals surface area contributed by atoms with Gasteiger partial charge in [0.25, 0.3) is 5.24 Å². The zero-order valence-corrected chi connectivity index (χ0v) is 10.0. The van der Waals surface area contributed by atoms with Crippen LogP contribution in [0.3, 0.4) is 0 Å². The molecular weight excluding hydrogens is 283 g/mol. The van der Waals surface area contributed by atoms with Crippen LogP contribution < -0.4 is 0 Å². The lowest BCUT2D eigenvalue weighted by Gasteiger charge is -2.05. The molecule has 5 heteroatoms. The third-order valence-corrected chi connectivity index (χ3v) is 3.04. The maximum absolute atomic E-state index is 11.0. The fraction of sp³-hybridized carbons (Fsp3) is 0.200. The molecule has 0 saturated carbocycles. The molecule has 0 aliphatic rings. The number of hydrogen-bond acceptors (Lipinski definition) is 2. The van der Waals surface area contributed by atoms with E-state index in [-0.39, 0.29) is 6.42 Å². The number of rotatable bonds is 4. The van der Waals surface area contributed by atoms with Crippen molar-refractivity contribution in [1.29, 1.82) is 0 Å². The third kappa shape index (κ3) is 3.32. The summed E-state index contributed by atoms with van der Waals surface area (Å²) in [6, 6.07) is 5.03. The predicted octanol–water partition coefficient (Wildman–Crippen LogP) is 2.85. The number of carbonyl (C=O) groups is 2. The van der Waals surface area contributed by atoms with Crippen molar-refractivity contribution in [2.75, 3.05) is 0 Å². The summed E-state index contributed by atoms with van der Waals surface area (Å²) in [6.07, 6.45) is 0.395. The van der Waals surface area contributed by atoms with Crippen LogP contribution >= 0.6 is 27.5 Å². The molecule has 1 aromatic carbocycles. The average Bonchev–Trinajstić information content (AvgIpc) is 2.15. The lowest BCUT2D eigenvalue weighted by Crippen LogP contribution is -2.00. The van der Waals surface area contributed by atoms with Crippen LogP contribution in [0.15, 0.2) is 22.7 Å². The highest BCUT2D eigenvalue weighted by molar-refractivity contribution is 9.10. The van der Waals surface area contributed by atoms with Crippen LogP contribution in [0, 0.1) is 0 Å². The van der Waals surface area contributed by atoms with Gasteiger partial charge in [-0.1, -0.05) is 12.1 Å². The fourth-order valence-corrected chi connectivity index (χ4v) is 2.08. The molecule has 0 radical (unpaired) electrons. The van der Waals surface area contributed by atoms with E-state index in [9.17, 15) is 9.59 Å². The molecule has 0 saturated heterocycles. The van der Waals surface area contributed by atoms with Gasteiger partial charge in [0.2, 0.25) is 0 Å². The highest BCUT2D eigenvalue weighted by Crippen LogP contribution is 2.24. The Morgan fingerprint density at radius 2 is 2.07 bits per heavy atom. The molecule has 0 aliphatic heterocycles. The molecule has 0 aromatic heterocycles. The second-order valence-electron chi connectivity index (χ2n) is 2.95. The van der Waals surface area contributed by atoms with E-state index in [1.54, 1.807) is 18.2 Å². The quantitative estimate of drug-likeness (QED) is 0.868. The van der Waals surface area contributed by atoms with E-state index in [2.05, 4.69) is 15.9 Å². The molecule has 0 amide bonds.